The molecule has 0 saturated heterocycles. The van der Waals surface area contributed by atoms with Gasteiger partial charge in [0.2, 0.25) is 0 Å². The van der Waals surface area contributed by atoms with Crippen LogP contribution in [0.5, 0.6) is 5.75 Å². The Labute approximate surface area is 96.6 Å². The molecule has 1 aromatic carbocycles. The van der Waals surface area contributed by atoms with Crippen LogP contribution in [0.25, 0.3) is 0 Å². The second-order valence-electron chi connectivity index (χ2n) is 3.30. The quantitative estimate of drug-likeness (QED) is 0.888. The highest BCUT2D eigenvalue weighted by atomic mass is 19.4. The lowest BCUT2D eigenvalue weighted by Crippen LogP contribution is -2.26. The fourth-order valence-corrected chi connectivity index (χ4v) is 1.20. The summed E-state index contributed by atoms with van der Waals surface area (Å²) in [5.74, 6) is -1.07. The normalized spacial score (nSPS) is 11.1. The van der Waals surface area contributed by atoms with Crippen molar-refractivity contribution in [2.24, 2.45) is 0 Å². The van der Waals surface area contributed by atoms with E-state index in [2.05, 4.69) is 10.1 Å². The van der Waals surface area contributed by atoms with Gasteiger partial charge in [-0.25, -0.2) is 0 Å². The molecule has 6 heteroatoms. The van der Waals surface area contributed by atoms with Crippen molar-refractivity contribution in [3.05, 3.63) is 29.8 Å². The minimum atomic E-state index is -4.80. The van der Waals surface area contributed by atoms with Gasteiger partial charge < -0.3 is 10.1 Å². The van der Waals surface area contributed by atoms with Crippen molar-refractivity contribution in [2.45, 2.75) is 19.7 Å². The average molecular weight is 247 g/mol. The molecule has 17 heavy (non-hydrogen) atoms. The Bertz CT molecular complexity index is 391. The molecule has 0 fully saturated rings. The van der Waals surface area contributed by atoms with E-state index in [4.69, 9.17) is 0 Å². The van der Waals surface area contributed by atoms with Gasteiger partial charge in [-0.3, -0.25) is 4.79 Å². The molecule has 0 bridgehead atoms. The van der Waals surface area contributed by atoms with E-state index in [-0.39, 0.29) is 5.56 Å². The molecule has 0 aliphatic carbocycles. The van der Waals surface area contributed by atoms with Crippen molar-refractivity contribution in [1.29, 1.82) is 0 Å². The first-order valence-electron chi connectivity index (χ1n) is 5.07. The summed E-state index contributed by atoms with van der Waals surface area (Å²) >= 11 is 0. The summed E-state index contributed by atoms with van der Waals surface area (Å²) in [5, 5.41) is 2.49. The van der Waals surface area contributed by atoms with E-state index in [0.29, 0.717) is 13.0 Å². The number of benzene rings is 1. The van der Waals surface area contributed by atoms with Gasteiger partial charge in [0.15, 0.2) is 0 Å². The number of hydrogen-bond donors (Lipinski definition) is 1. The molecule has 0 unspecified atom stereocenters. The molecule has 0 radical (unpaired) electrons. The lowest BCUT2D eigenvalue weighted by Gasteiger charge is -2.12. The van der Waals surface area contributed by atoms with Gasteiger partial charge in [0.1, 0.15) is 5.75 Å². The molecular formula is C11H12F3NO2. The minimum Gasteiger partial charge on any atom is -0.405 e. The molecule has 94 valence electrons. The molecular weight excluding hydrogens is 235 g/mol. The van der Waals surface area contributed by atoms with Gasteiger partial charge >= 0.3 is 6.36 Å². The van der Waals surface area contributed by atoms with Crippen molar-refractivity contribution >= 4 is 5.91 Å². The largest absolute Gasteiger partial charge is 0.573 e. The van der Waals surface area contributed by atoms with E-state index in [9.17, 15) is 18.0 Å². The number of rotatable bonds is 4. The van der Waals surface area contributed by atoms with Crippen LogP contribution in [0.2, 0.25) is 0 Å². The lowest BCUT2D eigenvalue weighted by molar-refractivity contribution is -0.274. The Kier molecular flexibility index (Phi) is 4.37. The van der Waals surface area contributed by atoms with Crippen LogP contribution in [-0.4, -0.2) is 18.8 Å². The van der Waals surface area contributed by atoms with Gasteiger partial charge in [-0.1, -0.05) is 19.1 Å². The summed E-state index contributed by atoms with van der Waals surface area (Å²) < 4.78 is 40.0. The monoisotopic (exact) mass is 247 g/mol. The Balaban J connectivity index is 2.88. The number of halogens is 3. The predicted octanol–water partition coefficient (Wildman–Crippen LogP) is 2.73. The van der Waals surface area contributed by atoms with E-state index in [0.717, 1.165) is 6.07 Å². The molecule has 1 rings (SSSR count). The highest BCUT2D eigenvalue weighted by Crippen LogP contribution is 2.25. The second-order valence-corrected chi connectivity index (χ2v) is 3.30. The van der Waals surface area contributed by atoms with Gasteiger partial charge in [0, 0.05) is 6.54 Å². The molecule has 1 amide bonds. The van der Waals surface area contributed by atoms with E-state index in [1.165, 1.54) is 18.2 Å². The summed E-state index contributed by atoms with van der Waals surface area (Å²) in [6, 6.07) is 5.24. The average Bonchev–Trinajstić information content (AvgIpc) is 2.24. The van der Waals surface area contributed by atoms with Crippen LogP contribution >= 0.6 is 0 Å². The van der Waals surface area contributed by atoms with Crippen molar-refractivity contribution < 1.29 is 22.7 Å². The van der Waals surface area contributed by atoms with Crippen LogP contribution < -0.4 is 10.1 Å². The van der Waals surface area contributed by atoms with Gasteiger partial charge in [-0.2, -0.15) is 0 Å². The highest BCUT2D eigenvalue weighted by Gasteiger charge is 2.32. The molecule has 0 aliphatic rings. The Morgan fingerprint density at radius 1 is 1.35 bits per heavy atom. The Morgan fingerprint density at radius 3 is 2.59 bits per heavy atom. The van der Waals surface area contributed by atoms with Crippen molar-refractivity contribution in [1.82, 2.24) is 5.32 Å². The molecule has 0 heterocycles. The fraction of sp³-hybridized carbons (Fsp3) is 0.364. The van der Waals surface area contributed by atoms with Crippen LogP contribution in [0, 0.1) is 0 Å². The molecule has 3 nitrogen and oxygen atoms in total. The maximum absolute atomic E-state index is 12.1. The third kappa shape index (κ3) is 4.34. The van der Waals surface area contributed by atoms with E-state index >= 15 is 0 Å². The van der Waals surface area contributed by atoms with Gasteiger partial charge in [0.25, 0.3) is 5.91 Å². The van der Waals surface area contributed by atoms with Gasteiger partial charge in [0.05, 0.1) is 5.56 Å². The first kappa shape index (κ1) is 13.3. The number of ether oxygens (including phenoxy) is 1. The molecule has 1 aromatic rings. The van der Waals surface area contributed by atoms with Crippen molar-refractivity contribution in [3.8, 4) is 5.75 Å². The molecule has 0 spiro atoms. The van der Waals surface area contributed by atoms with E-state index in [1.807, 2.05) is 6.92 Å². The topological polar surface area (TPSA) is 38.3 Å². The number of alkyl halides is 3. The predicted molar refractivity (Wildman–Crippen MR) is 55.7 cm³/mol. The SMILES string of the molecule is CCCNC(=O)c1ccccc1OC(F)(F)F. The summed E-state index contributed by atoms with van der Waals surface area (Å²) in [6.07, 6.45) is -4.10. The molecule has 0 aromatic heterocycles. The summed E-state index contributed by atoms with van der Waals surface area (Å²) in [7, 11) is 0. The van der Waals surface area contributed by atoms with Crippen LogP contribution in [0.4, 0.5) is 13.2 Å². The number of carbonyl (C=O) groups is 1. The fourth-order valence-electron chi connectivity index (χ4n) is 1.20. The summed E-state index contributed by atoms with van der Waals surface area (Å²) in [5.41, 5.74) is -0.127. The number of para-hydroxylation sites is 1. The zero-order chi connectivity index (χ0) is 12.9. The molecule has 0 aliphatic heterocycles. The molecule has 0 atom stereocenters. The van der Waals surface area contributed by atoms with E-state index < -0.39 is 18.0 Å². The van der Waals surface area contributed by atoms with Crippen molar-refractivity contribution in [3.63, 3.8) is 0 Å². The maximum Gasteiger partial charge on any atom is 0.573 e. The maximum atomic E-state index is 12.1. The summed E-state index contributed by atoms with van der Waals surface area (Å²) in [4.78, 5) is 11.6. The summed E-state index contributed by atoms with van der Waals surface area (Å²) in [6.45, 7) is 2.25. The minimum absolute atomic E-state index is 0.127. The number of hydrogen-bond acceptors (Lipinski definition) is 2. The zero-order valence-electron chi connectivity index (χ0n) is 9.17. The standard InChI is InChI=1S/C11H12F3NO2/c1-2-7-15-10(16)8-5-3-4-6-9(8)17-11(12,13)14/h3-6H,2,7H2,1H3,(H,15,16). The van der Waals surface area contributed by atoms with Crippen LogP contribution in [0.1, 0.15) is 23.7 Å². The number of nitrogens with one attached hydrogen (secondary N) is 1. The van der Waals surface area contributed by atoms with Crippen molar-refractivity contribution in [2.75, 3.05) is 6.54 Å². The van der Waals surface area contributed by atoms with Gasteiger partial charge in [-0.15, -0.1) is 13.2 Å². The molecule has 0 saturated carbocycles. The van der Waals surface area contributed by atoms with E-state index in [1.54, 1.807) is 0 Å². The molecule has 1 N–H and O–H groups in total. The van der Waals surface area contributed by atoms with Crippen LogP contribution in [-0.2, 0) is 0 Å². The number of carbonyl (C=O) groups excluding carboxylic acids is 1. The Morgan fingerprint density at radius 2 is 2.00 bits per heavy atom. The first-order chi connectivity index (χ1) is 7.94. The third-order valence-electron chi connectivity index (χ3n) is 1.89. The first-order valence-corrected chi connectivity index (χ1v) is 5.07. The Hall–Kier alpha value is -1.72. The highest BCUT2D eigenvalue weighted by molar-refractivity contribution is 5.96. The smallest absolute Gasteiger partial charge is 0.405 e. The lowest BCUT2D eigenvalue weighted by atomic mass is 10.2. The number of amides is 1. The third-order valence-corrected chi connectivity index (χ3v) is 1.89. The van der Waals surface area contributed by atoms with Crippen LogP contribution in [0.3, 0.4) is 0 Å². The van der Waals surface area contributed by atoms with Crippen LogP contribution in [0.15, 0.2) is 24.3 Å². The second kappa shape index (κ2) is 5.56. The van der Waals surface area contributed by atoms with Gasteiger partial charge in [-0.05, 0) is 18.6 Å². The zero-order valence-corrected chi connectivity index (χ0v) is 9.17.